The Kier molecular flexibility index (Phi) is 3.02. The van der Waals surface area contributed by atoms with Gasteiger partial charge in [-0.05, 0) is 93.2 Å². The van der Waals surface area contributed by atoms with Gasteiger partial charge in [-0.2, -0.15) is 0 Å². The monoisotopic (exact) mass is 283 g/mol. The maximum absolute atomic E-state index is 7.01. The maximum atomic E-state index is 7.01. The molecule has 0 saturated heterocycles. The third-order valence-electron chi connectivity index (χ3n) is 7.03. The molecule has 114 valence electrons. The first kappa shape index (κ1) is 13.8. The van der Waals surface area contributed by atoms with Crippen molar-refractivity contribution < 1.29 is 0 Å². The highest BCUT2D eigenvalue weighted by molar-refractivity contribution is 5.39. The lowest BCUT2D eigenvalue weighted by molar-refractivity contribution is 0.156. The second kappa shape index (κ2) is 4.59. The summed E-state index contributed by atoms with van der Waals surface area (Å²) in [6, 6.07) is 4.66. The number of aryl methyl sites for hydroxylation is 3. The van der Waals surface area contributed by atoms with E-state index < -0.39 is 0 Å². The predicted octanol–water partition coefficient (Wildman–Crippen LogP) is 4.31. The summed E-state index contributed by atoms with van der Waals surface area (Å²) in [6.45, 7) is 6.73. The summed E-state index contributed by atoms with van der Waals surface area (Å²) in [5, 5.41) is 0. The molecule has 5 unspecified atom stereocenters. The molecule has 0 spiro atoms. The lowest BCUT2D eigenvalue weighted by atomic mass is 9.68. The fourth-order valence-electron chi connectivity index (χ4n) is 6.33. The Labute approximate surface area is 129 Å². The van der Waals surface area contributed by atoms with Gasteiger partial charge in [0.05, 0.1) is 0 Å². The molecule has 0 aromatic heterocycles. The van der Waals surface area contributed by atoms with E-state index in [0.29, 0.717) is 0 Å². The molecule has 1 aromatic rings. The zero-order valence-corrected chi connectivity index (χ0v) is 13.8. The van der Waals surface area contributed by atoms with E-state index in [1.54, 1.807) is 0 Å². The highest BCUT2D eigenvalue weighted by Gasteiger charge is 2.59. The molecule has 3 aliphatic rings. The average molecular weight is 283 g/mol. The smallest absolute Gasteiger partial charge is 0.0229 e. The Morgan fingerprint density at radius 2 is 1.76 bits per heavy atom. The van der Waals surface area contributed by atoms with E-state index in [1.165, 1.54) is 54.4 Å². The topological polar surface area (TPSA) is 26.0 Å². The van der Waals surface area contributed by atoms with Gasteiger partial charge in [0.25, 0.3) is 0 Å². The molecule has 3 fully saturated rings. The number of hydrogen-bond acceptors (Lipinski definition) is 1. The van der Waals surface area contributed by atoms with Gasteiger partial charge in [-0.1, -0.05) is 24.1 Å². The minimum Gasteiger partial charge on any atom is -0.325 e. The number of hydrogen-bond donors (Lipinski definition) is 1. The SMILES string of the molecule is Cc1cc(C)c(CC2(N)CC3CC2C2CCCC32)c(C)c1. The Bertz CT molecular complexity index is 552. The summed E-state index contributed by atoms with van der Waals surface area (Å²) in [4.78, 5) is 0. The number of nitrogens with two attached hydrogens (primary N) is 1. The Morgan fingerprint density at radius 3 is 2.48 bits per heavy atom. The van der Waals surface area contributed by atoms with Crippen LogP contribution in [0.2, 0.25) is 0 Å². The van der Waals surface area contributed by atoms with Crippen LogP contribution in [0, 0.1) is 44.4 Å². The second-order valence-corrected chi connectivity index (χ2v) is 8.35. The minimum absolute atomic E-state index is 0.0843. The minimum atomic E-state index is 0.0843. The molecule has 4 rings (SSSR count). The Balaban J connectivity index is 1.63. The van der Waals surface area contributed by atoms with Crippen molar-refractivity contribution in [2.24, 2.45) is 29.4 Å². The summed E-state index contributed by atoms with van der Waals surface area (Å²) in [5.41, 5.74) is 12.9. The largest absolute Gasteiger partial charge is 0.325 e. The lowest BCUT2D eigenvalue weighted by Gasteiger charge is -2.41. The van der Waals surface area contributed by atoms with Gasteiger partial charge in [0, 0.05) is 5.54 Å². The molecule has 0 heterocycles. The summed E-state index contributed by atoms with van der Waals surface area (Å²) in [5.74, 6) is 3.74. The van der Waals surface area contributed by atoms with Crippen LogP contribution in [0.15, 0.2) is 12.1 Å². The third-order valence-corrected chi connectivity index (χ3v) is 7.03. The van der Waals surface area contributed by atoms with Crippen LogP contribution in [0.3, 0.4) is 0 Å². The van der Waals surface area contributed by atoms with Crippen molar-refractivity contribution in [3.05, 3.63) is 34.4 Å². The number of rotatable bonds is 2. The maximum Gasteiger partial charge on any atom is 0.0229 e. The van der Waals surface area contributed by atoms with Gasteiger partial charge < -0.3 is 5.73 Å². The van der Waals surface area contributed by atoms with E-state index in [9.17, 15) is 0 Å². The molecular weight excluding hydrogens is 254 g/mol. The van der Waals surface area contributed by atoms with Crippen molar-refractivity contribution in [3.63, 3.8) is 0 Å². The molecule has 21 heavy (non-hydrogen) atoms. The molecule has 2 N–H and O–H groups in total. The van der Waals surface area contributed by atoms with Crippen molar-refractivity contribution in [1.82, 2.24) is 0 Å². The molecule has 5 atom stereocenters. The van der Waals surface area contributed by atoms with E-state index in [1.807, 2.05) is 0 Å². The zero-order valence-electron chi connectivity index (χ0n) is 13.8. The van der Waals surface area contributed by atoms with Gasteiger partial charge in [0.2, 0.25) is 0 Å². The zero-order chi connectivity index (χ0) is 14.8. The number of benzene rings is 1. The average Bonchev–Trinajstić information content (AvgIpc) is 3.04. The summed E-state index contributed by atoms with van der Waals surface area (Å²) < 4.78 is 0. The summed E-state index contributed by atoms with van der Waals surface area (Å²) in [6.07, 6.45) is 8.22. The van der Waals surface area contributed by atoms with Crippen LogP contribution in [0.25, 0.3) is 0 Å². The van der Waals surface area contributed by atoms with Crippen LogP contribution in [0.4, 0.5) is 0 Å². The highest BCUT2D eigenvalue weighted by atomic mass is 14.8. The lowest BCUT2D eigenvalue weighted by Crippen LogP contribution is -2.51. The Morgan fingerprint density at radius 1 is 1.10 bits per heavy atom. The second-order valence-electron chi connectivity index (χ2n) is 8.35. The van der Waals surface area contributed by atoms with Gasteiger partial charge in [0.1, 0.15) is 0 Å². The van der Waals surface area contributed by atoms with Crippen LogP contribution >= 0.6 is 0 Å². The van der Waals surface area contributed by atoms with Crippen molar-refractivity contribution in [2.75, 3.05) is 0 Å². The van der Waals surface area contributed by atoms with Gasteiger partial charge >= 0.3 is 0 Å². The van der Waals surface area contributed by atoms with Crippen molar-refractivity contribution in [1.29, 1.82) is 0 Å². The first-order valence-electron chi connectivity index (χ1n) is 8.83. The molecule has 1 aromatic carbocycles. The molecule has 0 radical (unpaired) electrons. The predicted molar refractivity (Wildman–Crippen MR) is 88.3 cm³/mol. The highest BCUT2D eigenvalue weighted by Crippen LogP contribution is 2.62. The molecular formula is C20H29N. The number of fused-ring (bicyclic) bond motifs is 5. The quantitative estimate of drug-likeness (QED) is 0.860. The van der Waals surface area contributed by atoms with E-state index in [0.717, 1.165) is 30.1 Å². The third kappa shape index (κ3) is 2.00. The van der Waals surface area contributed by atoms with E-state index in [2.05, 4.69) is 32.9 Å². The van der Waals surface area contributed by atoms with Crippen LogP contribution in [0.1, 0.15) is 54.4 Å². The molecule has 3 aliphatic carbocycles. The van der Waals surface area contributed by atoms with Crippen LogP contribution in [0.5, 0.6) is 0 Å². The fraction of sp³-hybridized carbons (Fsp3) is 0.700. The fourth-order valence-corrected chi connectivity index (χ4v) is 6.33. The summed E-state index contributed by atoms with van der Waals surface area (Å²) in [7, 11) is 0. The van der Waals surface area contributed by atoms with Crippen molar-refractivity contribution >= 4 is 0 Å². The molecule has 1 nitrogen and oxygen atoms in total. The van der Waals surface area contributed by atoms with E-state index in [4.69, 9.17) is 5.73 Å². The molecule has 0 amide bonds. The Hall–Kier alpha value is -0.820. The molecule has 3 saturated carbocycles. The van der Waals surface area contributed by atoms with Crippen LogP contribution in [-0.2, 0) is 6.42 Å². The summed E-state index contributed by atoms with van der Waals surface area (Å²) >= 11 is 0. The van der Waals surface area contributed by atoms with E-state index >= 15 is 0 Å². The molecule has 2 bridgehead atoms. The first-order valence-corrected chi connectivity index (χ1v) is 8.83. The standard InChI is InChI=1S/C20H29N/c1-12-7-13(2)18(14(3)8-12)11-20(21)10-15-9-19(20)17-6-4-5-16(15)17/h7-8,15-17,19H,4-6,9-11,21H2,1-3H3. The van der Waals surface area contributed by atoms with Crippen LogP contribution < -0.4 is 5.73 Å². The normalized spacial score (nSPS) is 40.8. The van der Waals surface area contributed by atoms with Gasteiger partial charge in [-0.3, -0.25) is 0 Å². The van der Waals surface area contributed by atoms with Gasteiger partial charge in [-0.25, -0.2) is 0 Å². The van der Waals surface area contributed by atoms with Gasteiger partial charge in [0.15, 0.2) is 0 Å². The molecule has 1 heteroatoms. The van der Waals surface area contributed by atoms with Crippen molar-refractivity contribution in [3.8, 4) is 0 Å². The van der Waals surface area contributed by atoms with Gasteiger partial charge in [-0.15, -0.1) is 0 Å². The first-order chi connectivity index (χ1) is 9.98. The van der Waals surface area contributed by atoms with Crippen LogP contribution in [-0.4, -0.2) is 5.54 Å². The molecule has 0 aliphatic heterocycles. The van der Waals surface area contributed by atoms with E-state index in [-0.39, 0.29) is 5.54 Å². The van der Waals surface area contributed by atoms with Crippen molar-refractivity contribution in [2.45, 2.75) is 64.8 Å².